The van der Waals surface area contributed by atoms with Crippen molar-refractivity contribution in [1.29, 1.82) is 0 Å². The number of benzene rings is 1. The van der Waals surface area contributed by atoms with Crippen molar-refractivity contribution in [2.24, 2.45) is 0 Å². The Balaban J connectivity index is 1.62. The molecule has 2 heterocycles. The second kappa shape index (κ2) is 6.75. The number of hydrogen-bond acceptors (Lipinski definition) is 7. The molecular weight excluding hydrogens is 362 g/mol. The highest BCUT2D eigenvalue weighted by atomic mass is 32.2. The zero-order valence-corrected chi connectivity index (χ0v) is 15.6. The van der Waals surface area contributed by atoms with Gasteiger partial charge < -0.3 is 5.32 Å². The molecule has 1 aliphatic rings. The predicted octanol–water partition coefficient (Wildman–Crippen LogP) is 0.756. The van der Waals surface area contributed by atoms with Crippen LogP contribution in [0.2, 0.25) is 0 Å². The molecule has 1 N–H and O–H groups in total. The summed E-state index contributed by atoms with van der Waals surface area (Å²) in [6.07, 6.45) is 0.437. The highest BCUT2D eigenvalue weighted by Gasteiger charge is 2.39. The Morgan fingerprint density at radius 3 is 2.72 bits per heavy atom. The number of carbonyl (C=O) groups excluding carboxylic acids is 1. The van der Waals surface area contributed by atoms with Gasteiger partial charge in [0.25, 0.3) is 0 Å². The fraction of sp³-hybridized carbons (Fsp3) is 0.467. The van der Waals surface area contributed by atoms with E-state index in [-0.39, 0.29) is 23.2 Å². The molecule has 8 nitrogen and oxygen atoms in total. The van der Waals surface area contributed by atoms with E-state index in [2.05, 4.69) is 20.8 Å². The third-order valence-electron chi connectivity index (χ3n) is 4.00. The minimum absolute atomic E-state index is 0.0164. The largest absolute Gasteiger partial charge is 0.349 e. The lowest BCUT2D eigenvalue weighted by atomic mass is 10.0. The molecule has 25 heavy (non-hydrogen) atoms. The van der Waals surface area contributed by atoms with Crippen molar-refractivity contribution in [3.63, 3.8) is 0 Å². The fourth-order valence-corrected chi connectivity index (χ4v) is 5.51. The summed E-state index contributed by atoms with van der Waals surface area (Å²) in [6, 6.07) is 7.72. The van der Waals surface area contributed by atoms with Gasteiger partial charge in [0, 0.05) is 0 Å². The average Bonchev–Trinajstić information content (AvgIpc) is 3.10. The number of nitrogens with one attached hydrogen (secondary N) is 1. The normalized spacial score (nSPS) is 22.0. The molecular formula is C15H19N5O3S2. The number of amides is 1. The van der Waals surface area contributed by atoms with E-state index in [4.69, 9.17) is 0 Å². The summed E-state index contributed by atoms with van der Waals surface area (Å²) in [6.45, 7) is 3.75. The van der Waals surface area contributed by atoms with Gasteiger partial charge in [0.1, 0.15) is 0 Å². The first kappa shape index (κ1) is 17.9. The number of tetrazole rings is 1. The molecule has 1 aromatic heterocycles. The molecule has 1 saturated heterocycles. The van der Waals surface area contributed by atoms with Crippen LogP contribution >= 0.6 is 11.8 Å². The van der Waals surface area contributed by atoms with E-state index in [1.807, 2.05) is 31.2 Å². The Bertz CT molecular complexity index is 879. The van der Waals surface area contributed by atoms with Crippen molar-refractivity contribution in [1.82, 2.24) is 25.5 Å². The van der Waals surface area contributed by atoms with Crippen molar-refractivity contribution in [3.05, 3.63) is 29.8 Å². The first-order chi connectivity index (χ1) is 11.8. The lowest BCUT2D eigenvalue weighted by Gasteiger charge is -2.23. The molecule has 0 spiro atoms. The van der Waals surface area contributed by atoms with Crippen LogP contribution in [0.15, 0.2) is 29.4 Å². The molecule has 10 heteroatoms. The summed E-state index contributed by atoms with van der Waals surface area (Å²) >= 11 is 1.21. The van der Waals surface area contributed by atoms with E-state index in [9.17, 15) is 13.2 Å². The van der Waals surface area contributed by atoms with Crippen molar-refractivity contribution < 1.29 is 13.2 Å². The molecule has 0 unspecified atom stereocenters. The standard InChI is InChI=1S/C15H19N5O3S2/c1-11-3-5-12(6-4-11)20-14(17-18-19-20)24-9-13(21)16-15(2)7-8-25(22,23)10-15/h3-6H,7-10H2,1-2H3,(H,16,21)/t15-/m1/s1. The number of carbonyl (C=O) groups is 1. The summed E-state index contributed by atoms with van der Waals surface area (Å²) in [4.78, 5) is 12.2. The molecule has 134 valence electrons. The van der Waals surface area contributed by atoms with Crippen LogP contribution in [0.4, 0.5) is 0 Å². The molecule has 3 rings (SSSR count). The maximum Gasteiger partial charge on any atom is 0.230 e. The number of thioether (sulfide) groups is 1. The molecule has 1 aromatic carbocycles. The molecule has 1 aliphatic heterocycles. The van der Waals surface area contributed by atoms with E-state index < -0.39 is 15.4 Å². The van der Waals surface area contributed by atoms with Crippen LogP contribution in [0.5, 0.6) is 0 Å². The summed E-state index contributed by atoms with van der Waals surface area (Å²) in [5, 5.41) is 14.9. The van der Waals surface area contributed by atoms with Gasteiger partial charge in [0.05, 0.1) is 28.5 Å². The van der Waals surface area contributed by atoms with Crippen LogP contribution in [0.3, 0.4) is 0 Å². The zero-order valence-electron chi connectivity index (χ0n) is 14.0. The van der Waals surface area contributed by atoms with Gasteiger partial charge >= 0.3 is 0 Å². The third kappa shape index (κ3) is 4.37. The molecule has 1 amide bonds. The van der Waals surface area contributed by atoms with Gasteiger partial charge in [-0.15, -0.1) is 5.10 Å². The maximum atomic E-state index is 12.2. The fourth-order valence-electron chi connectivity index (χ4n) is 2.73. The number of hydrogen-bond donors (Lipinski definition) is 1. The van der Waals surface area contributed by atoms with Gasteiger partial charge in [-0.25, -0.2) is 8.42 Å². The highest BCUT2D eigenvalue weighted by Crippen LogP contribution is 2.24. The van der Waals surface area contributed by atoms with Crippen LogP contribution in [0.1, 0.15) is 18.9 Å². The van der Waals surface area contributed by atoms with E-state index in [1.165, 1.54) is 11.8 Å². The van der Waals surface area contributed by atoms with Crippen molar-refractivity contribution in [2.75, 3.05) is 17.3 Å². The lowest BCUT2D eigenvalue weighted by molar-refractivity contribution is -0.120. The van der Waals surface area contributed by atoms with Gasteiger partial charge in [-0.05, 0) is 42.8 Å². The van der Waals surface area contributed by atoms with Gasteiger partial charge in [-0.2, -0.15) is 4.68 Å². The second-order valence-electron chi connectivity index (χ2n) is 6.45. The summed E-state index contributed by atoms with van der Waals surface area (Å²) in [7, 11) is -3.06. The Hall–Kier alpha value is -1.94. The molecule has 2 aromatic rings. The lowest BCUT2D eigenvalue weighted by Crippen LogP contribution is -2.47. The Labute approximate surface area is 150 Å². The maximum absolute atomic E-state index is 12.2. The SMILES string of the molecule is Cc1ccc(-n2nnnc2SCC(=O)N[C@]2(C)CCS(=O)(=O)C2)cc1. The van der Waals surface area contributed by atoms with Crippen LogP contribution in [0, 0.1) is 6.92 Å². The Kier molecular flexibility index (Phi) is 4.83. The van der Waals surface area contributed by atoms with E-state index >= 15 is 0 Å². The van der Waals surface area contributed by atoms with Crippen LogP contribution < -0.4 is 5.32 Å². The van der Waals surface area contributed by atoms with Crippen molar-refractivity contribution in [3.8, 4) is 5.69 Å². The number of rotatable bonds is 5. The molecule has 0 aliphatic carbocycles. The minimum atomic E-state index is -3.06. The molecule has 0 bridgehead atoms. The zero-order chi connectivity index (χ0) is 18.1. The van der Waals surface area contributed by atoms with E-state index in [0.717, 1.165) is 11.3 Å². The highest BCUT2D eigenvalue weighted by molar-refractivity contribution is 7.99. The molecule has 1 fully saturated rings. The average molecular weight is 381 g/mol. The minimum Gasteiger partial charge on any atom is -0.349 e. The number of nitrogens with zero attached hydrogens (tertiary/aromatic N) is 4. The van der Waals surface area contributed by atoms with Crippen molar-refractivity contribution >= 4 is 27.5 Å². The van der Waals surface area contributed by atoms with Gasteiger partial charge in [-0.3, -0.25) is 4.79 Å². The van der Waals surface area contributed by atoms with E-state index in [1.54, 1.807) is 11.6 Å². The van der Waals surface area contributed by atoms with Crippen LogP contribution in [-0.2, 0) is 14.6 Å². The molecule has 0 radical (unpaired) electrons. The van der Waals surface area contributed by atoms with Gasteiger partial charge in [0.2, 0.25) is 11.1 Å². The van der Waals surface area contributed by atoms with Gasteiger partial charge in [0.15, 0.2) is 9.84 Å². The molecule has 1 atom stereocenters. The topological polar surface area (TPSA) is 107 Å². The third-order valence-corrected chi connectivity index (χ3v) is 6.82. The molecule has 0 saturated carbocycles. The van der Waals surface area contributed by atoms with Crippen LogP contribution in [0.25, 0.3) is 5.69 Å². The summed E-state index contributed by atoms with van der Waals surface area (Å²) in [5.41, 5.74) is 1.25. The smallest absolute Gasteiger partial charge is 0.230 e. The number of aromatic nitrogens is 4. The predicted molar refractivity (Wildman–Crippen MR) is 94.4 cm³/mol. The second-order valence-corrected chi connectivity index (χ2v) is 9.57. The Morgan fingerprint density at radius 1 is 1.36 bits per heavy atom. The monoisotopic (exact) mass is 381 g/mol. The first-order valence-electron chi connectivity index (χ1n) is 7.76. The van der Waals surface area contributed by atoms with Crippen molar-refractivity contribution in [2.45, 2.75) is 31.0 Å². The first-order valence-corrected chi connectivity index (χ1v) is 10.6. The van der Waals surface area contributed by atoms with Gasteiger partial charge in [-0.1, -0.05) is 29.5 Å². The summed E-state index contributed by atoms with van der Waals surface area (Å²) < 4.78 is 24.8. The quantitative estimate of drug-likeness (QED) is 0.762. The number of sulfone groups is 1. The van der Waals surface area contributed by atoms with Crippen LogP contribution in [-0.4, -0.2) is 57.3 Å². The van der Waals surface area contributed by atoms with E-state index in [0.29, 0.717) is 11.6 Å². The Morgan fingerprint density at radius 2 is 2.08 bits per heavy atom. The number of aryl methyl sites for hydroxylation is 1. The summed E-state index contributed by atoms with van der Waals surface area (Å²) in [5.74, 6) is -0.0230.